The van der Waals surface area contributed by atoms with Crippen LogP contribution in [0.25, 0.3) is 5.69 Å². The molecule has 2 heterocycles. The number of nitrogens with zero attached hydrogens (tertiary/aromatic N) is 3. The Morgan fingerprint density at radius 3 is 2.61 bits per heavy atom. The Balaban J connectivity index is 1.67. The number of ether oxygens (including phenoxy) is 1. The molecule has 3 rings (SSSR count). The van der Waals surface area contributed by atoms with Crippen molar-refractivity contribution in [2.75, 3.05) is 19.7 Å². The summed E-state index contributed by atoms with van der Waals surface area (Å²) in [6.07, 6.45) is 5.08. The summed E-state index contributed by atoms with van der Waals surface area (Å²) in [7, 11) is 0. The van der Waals surface area contributed by atoms with Gasteiger partial charge in [0.25, 0.3) is 5.91 Å². The number of likely N-dealkylation sites (tertiary alicyclic amines) is 1. The number of piperidine rings is 1. The molecule has 1 aromatic carbocycles. The third kappa shape index (κ3) is 5.80. The monoisotopic (exact) mass is 454 g/mol. The lowest BCUT2D eigenvalue weighted by molar-refractivity contribution is -0.127. The molecule has 0 unspecified atom stereocenters. The molecule has 8 nitrogen and oxygen atoms in total. The van der Waals surface area contributed by atoms with Crippen LogP contribution >= 0.6 is 0 Å². The fourth-order valence-electron chi connectivity index (χ4n) is 4.25. The molecule has 1 aromatic heterocycles. The fraction of sp³-hybridized carbons (Fsp3) is 0.520. The Morgan fingerprint density at radius 1 is 1.21 bits per heavy atom. The molecule has 0 radical (unpaired) electrons. The van der Waals surface area contributed by atoms with Gasteiger partial charge in [-0.15, -0.1) is 0 Å². The number of nitrogens with one attached hydrogen (secondary N) is 1. The minimum atomic E-state index is -0.402. The molecule has 8 heteroatoms. The van der Waals surface area contributed by atoms with E-state index in [-0.39, 0.29) is 23.8 Å². The van der Waals surface area contributed by atoms with Crippen LogP contribution in [0.2, 0.25) is 0 Å². The van der Waals surface area contributed by atoms with E-state index in [4.69, 9.17) is 4.74 Å². The van der Waals surface area contributed by atoms with Gasteiger partial charge in [-0.05, 0) is 64.3 Å². The molecule has 1 saturated heterocycles. The number of aromatic nitrogens is 2. The Bertz CT molecular complexity index is 983. The largest absolute Gasteiger partial charge is 0.462 e. The molecule has 0 saturated carbocycles. The second-order valence-corrected chi connectivity index (χ2v) is 8.61. The van der Waals surface area contributed by atoms with Crippen LogP contribution in [-0.4, -0.2) is 58.2 Å². The van der Waals surface area contributed by atoms with Crippen LogP contribution in [-0.2, 0) is 9.53 Å². The zero-order valence-electron chi connectivity index (χ0n) is 20.0. The zero-order chi connectivity index (χ0) is 24.0. The molecule has 1 fully saturated rings. The molecule has 178 valence electrons. The second kappa shape index (κ2) is 11.1. The minimum Gasteiger partial charge on any atom is -0.462 e. The van der Waals surface area contributed by atoms with E-state index >= 15 is 0 Å². The zero-order valence-corrected chi connectivity index (χ0v) is 20.0. The van der Waals surface area contributed by atoms with Crippen LogP contribution in [0.15, 0.2) is 30.5 Å². The summed E-state index contributed by atoms with van der Waals surface area (Å²) in [5, 5.41) is 7.37. The third-order valence-electron chi connectivity index (χ3n) is 6.05. The molecule has 1 N–H and O–H groups in total. The van der Waals surface area contributed by atoms with Gasteiger partial charge in [-0.2, -0.15) is 5.10 Å². The summed E-state index contributed by atoms with van der Waals surface area (Å²) in [6.45, 7) is 9.07. The topological polar surface area (TPSA) is 93.5 Å². The highest BCUT2D eigenvalue weighted by Crippen LogP contribution is 2.21. The number of rotatable bonds is 8. The Morgan fingerprint density at radius 2 is 1.94 bits per heavy atom. The highest BCUT2D eigenvalue weighted by molar-refractivity contribution is 5.95. The van der Waals surface area contributed by atoms with Gasteiger partial charge in [0.2, 0.25) is 5.91 Å². The normalized spacial score (nSPS) is 16.8. The Labute approximate surface area is 195 Å². The van der Waals surface area contributed by atoms with Gasteiger partial charge in [-0.25, -0.2) is 9.48 Å². The van der Waals surface area contributed by atoms with E-state index in [1.165, 1.54) is 6.20 Å². The molecule has 0 aliphatic carbocycles. The number of hydrogen-bond acceptors (Lipinski definition) is 5. The second-order valence-electron chi connectivity index (χ2n) is 8.61. The molecular formula is C25H34N4O4. The van der Waals surface area contributed by atoms with E-state index in [0.29, 0.717) is 36.5 Å². The molecule has 2 aromatic rings. The molecule has 2 atom stereocenters. The minimum absolute atomic E-state index is 0.0374. The van der Waals surface area contributed by atoms with Crippen molar-refractivity contribution in [3.05, 3.63) is 47.3 Å². The van der Waals surface area contributed by atoms with Crippen molar-refractivity contribution in [1.82, 2.24) is 20.0 Å². The molecule has 2 amide bonds. The first-order valence-corrected chi connectivity index (χ1v) is 11.8. The molecule has 0 bridgehead atoms. The SMILES string of the molecule is CCC[C@@H](C)NC(=O)[C@@H]1CCCN(C(=O)c2ccc(-n3ncc(C(=O)OCC)c3C)cc2)C1. The number of hydrogen-bond donors (Lipinski definition) is 1. The maximum absolute atomic E-state index is 13.1. The third-order valence-corrected chi connectivity index (χ3v) is 6.05. The van der Waals surface area contributed by atoms with E-state index in [0.717, 1.165) is 31.4 Å². The molecule has 1 aliphatic rings. The van der Waals surface area contributed by atoms with Gasteiger partial charge in [0.15, 0.2) is 0 Å². The first kappa shape index (κ1) is 24.5. The van der Waals surface area contributed by atoms with Crippen LogP contribution in [0.3, 0.4) is 0 Å². The number of amides is 2. The lowest BCUT2D eigenvalue weighted by Crippen LogP contribution is -2.47. The number of carbonyl (C=O) groups is 3. The summed E-state index contributed by atoms with van der Waals surface area (Å²) in [6, 6.07) is 7.29. The summed E-state index contributed by atoms with van der Waals surface area (Å²) in [5.41, 5.74) is 2.41. The number of carbonyl (C=O) groups excluding carboxylic acids is 3. The van der Waals surface area contributed by atoms with Crippen molar-refractivity contribution in [3.63, 3.8) is 0 Å². The van der Waals surface area contributed by atoms with Crippen molar-refractivity contribution >= 4 is 17.8 Å². The summed E-state index contributed by atoms with van der Waals surface area (Å²) >= 11 is 0. The van der Waals surface area contributed by atoms with Crippen molar-refractivity contribution in [3.8, 4) is 5.69 Å². The predicted molar refractivity (Wildman–Crippen MR) is 125 cm³/mol. The van der Waals surface area contributed by atoms with Crippen LogP contribution in [0.1, 0.15) is 72.9 Å². The van der Waals surface area contributed by atoms with Gasteiger partial charge in [0.1, 0.15) is 5.56 Å². The molecular weight excluding hydrogens is 420 g/mol. The number of benzene rings is 1. The van der Waals surface area contributed by atoms with Crippen LogP contribution < -0.4 is 5.32 Å². The Kier molecular flexibility index (Phi) is 8.25. The van der Waals surface area contributed by atoms with Gasteiger partial charge < -0.3 is 15.0 Å². The van der Waals surface area contributed by atoms with Crippen LogP contribution in [0.5, 0.6) is 0 Å². The summed E-state index contributed by atoms with van der Waals surface area (Å²) in [5.74, 6) is -0.615. The molecule has 1 aliphatic heterocycles. The summed E-state index contributed by atoms with van der Waals surface area (Å²) in [4.78, 5) is 39.5. The molecule has 0 spiro atoms. The summed E-state index contributed by atoms with van der Waals surface area (Å²) < 4.78 is 6.72. The lowest BCUT2D eigenvalue weighted by Gasteiger charge is -2.32. The first-order valence-electron chi connectivity index (χ1n) is 11.8. The smallest absolute Gasteiger partial charge is 0.341 e. The highest BCUT2D eigenvalue weighted by Gasteiger charge is 2.29. The van der Waals surface area contributed by atoms with E-state index < -0.39 is 5.97 Å². The predicted octanol–water partition coefficient (Wildman–Crippen LogP) is 3.51. The van der Waals surface area contributed by atoms with Crippen molar-refractivity contribution in [1.29, 1.82) is 0 Å². The van der Waals surface area contributed by atoms with Gasteiger partial charge in [0.05, 0.1) is 30.1 Å². The quantitative estimate of drug-likeness (QED) is 0.616. The fourth-order valence-corrected chi connectivity index (χ4v) is 4.25. The molecule has 33 heavy (non-hydrogen) atoms. The van der Waals surface area contributed by atoms with Crippen molar-refractivity contribution in [2.24, 2.45) is 5.92 Å². The van der Waals surface area contributed by atoms with Crippen molar-refractivity contribution in [2.45, 2.75) is 59.4 Å². The van der Waals surface area contributed by atoms with Crippen molar-refractivity contribution < 1.29 is 19.1 Å². The van der Waals surface area contributed by atoms with Gasteiger partial charge in [0, 0.05) is 24.7 Å². The average molecular weight is 455 g/mol. The lowest BCUT2D eigenvalue weighted by atomic mass is 9.96. The van der Waals surface area contributed by atoms with Gasteiger partial charge in [-0.3, -0.25) is 9.59 Å². The standard InChI is InChI=1S/C25H34N4O4/c1-5-8-17(3)27-23(30)20-9-7-14-28(16-20)24(31)19-10-12-21(13-11-19)29-18(4)22(15-26-29)25(32)33-6-2/h10-13,15,17,20H,5-9,14,16H2,1-4H3,(H,27,30)/t17-,20-/m1/s1. The van der Waals surface area contributed by atoms with Gasteiger partial charge >= 0.3 is 5.97 Å². The van der Waals surface area contributed by atoms with E-state index in [2.05, 4.69) is 17.3 Å². The average Bonchev–Trinajstić information content (AvgIpc) is 3.20. The maximum Gasteiger partial charge on any atom is 0.341 e. The van der Waals surface area contributed by atoms with Crippen LogP contribution in [0.4, 0.5) is 0 Å². The van der Waals surface area contributed by atoms with E-state index in [9.17, 15) is 14.4 Å². The highest BCUT2D eigenvalue weighted by atomic mass is 16.5. The van der Waals surface area contributed by atoms with Crippen LogP contribution in [0, 0.1) is 12.8 Å². The Hall–Kier alpha value is -3.16. The maximum atomic E-state index is 13.1. The van der Waals surface area contributed by atoms with Gasteiger partial charge in [-0.1, -0.05) is 13.3 Å². The first-order chi connectivity index (χ1) is 15.8. The van der Waals surface area contributed by atoms with E-state index in [1.807, 2.05) is 19.1 Å². The number of esters is 1. The van der Waals surface area contributed by atoms with E-state index in [1.54, 1.807) is 35.6 Å².